The van der Waals surface area contributed by atoms with Crippen molar-refractivity contribution >= 4 is 11.9 Å². The first-order valence-electron chi connectivity index (χ1n) is 8.93. The van der Waals surface area contributed by atoms with E-state index >= 15 is 0 Å². The van der Waals surface area contributed by atoms with E-state index in [0.29, 0.717) is 6.42 Å². The van der Waals surface area contributed by atoms with Crippen LogP contribution in [0.5, 0.6) is 11.5 Å². The summed E-state index contributed by atoms with van der Waals surface area (Å²) in [6.45, 7) is 3.71. The Kier molecular flexibility index (Phi) is 7.23. The molecule has 2 aromatic rings. The van der Waals surface area contributed by atoms with E-state index in [2.05, 4.69) is 5.32 Å². The zero-order valence-electron chi connectivity index (χ0n) is 15.5. The predicted molar refractivity (Wildman–Crippen MR) is 101 cm³/mol. The van der Waals surface area contributed by atoms with Crippen LogP contribution in [-0.4, -0.2) is 34.2 Å². The lowest BCUT2D eigenvalue weighted by Crippen LogP contribution is -2.44. The van der Waals surface area contributed by atoms with Crippen molar-refractivity contribution in [1.82, 2.24) is 5.32 Å². The molecule has 0 aliphatic rings. The summed E-state index contributed by atoms with van der Waals surface area (Å²) in [5.74, 6) is -0.544. The highest BCUT2D eigenvalue weighted by atomic mass is 16.5. The van der Waals surface area contributed by atoms with Crippen molar-refractivity contribution < 1.29 is 24.5 Å². The maximum atomic E-state index is 12.5. The number of carbonyl (C=O) groups is 2. The van der Waals surface area contributed by atoms with Crippen molar-refractivity contribution in [1.29, 1.82) is 0 Å². The van der Waals surface area contributed by atoms with E-state index in [-0.39, 0.29) is 36.4 Å². The minimum absolute atomic E-state index is 0.0863. The molecule has 3 N–H and O–H groups in total. The molecule has 0 saturated carbocycles. The molecule has 0 spiro atoms. The Morgan fingerprint density at radius 3 is 2.00 bits per heavy atom. The molecule has 0 aliphatic heterocycles. The third-order valence-electron chi connectivity index (χ3n) is 4.19. The van der Waals surface area contributed by atoms with Crippen molar-refractivity contribution in [2.24, 2.45) is 0 Å². The molecule has 0 aromatic heterocycles. The Labute approximate surface area is 158 Å². The second-order valence-corrected chi connectivity index (χ2v) is 6.49. The zero-order valence-corrected chi connectivity index (χ0v) is 15.5. The van der Waals surface area contributed by atoms with Crippen LogP contribution in [0.2, 0.25) is 0 Å². The smallest absolute Gasteiger partial charge is 0.329 e. The molecule has 2 rings (SSSR count). The normalized spacial score (nSPS) is 12.8. The Hall–Kier alpha value is -3.02. The van der Waals surface area contributed by atoms with Crippen LogP contribution in [-0.2, 0) is 27.2 Å². The van der Waals surface area contributed by atoms with Gasteiger partial charge in [0.15, 0.2) is 0 Å². The number of hydrogen-bond donors (Lipinski definition) is 3. The number of nitrogens with one attached hydrogen (secondary N) is 1. The van der Waals surface area contributed by atoms with Crippen LogP contribution in [0.1, 0.15) is 31.4 Å². The largest absolute Gasteiger partial charge is 0.508 e. The summed E-state index contributed by atoms with van der Waals surface area (Å²) in [7, 11) is 0. The van der Waals surface area contributed by atoms with E-state index in [9.17, 15) is 19.8 Å². The Morgan fingerprint density at radius 1 is 0.963 bits per heavy atom. The standard InChI is InChI=1S/C21H25NO5/c1-3-14(2)27-21(26)19(12-15-4-8-17(23)9-5-15)22-20(25)13-16-6-10-18(24)11-7-16/h4-11,14,19,23-24H,3,12-13H2,1-2H3,(H,22,25). The first kappa shape index (κ1) is 20.3. The lowest BCUT2D eigenvalue weighted by molar-refractivity contribution is -0.152. The summed E-state index contributed by atoms with van der Waals surface area (Å²) < 4.78 is 5.39. The van der Waals surface area contributed by atoms with Crippen molar-refractivity contribution in [3.8, 4) is 11.5 Å². The fourth-order valence-corrected chi connectivity index (χ4v) is 2.47. The third-order valence-corrected chi connectivity index (χ3v) is 4.19. The topological polar surface area (TPSA) is 95.9 Å². The maximum Gasteiger partial charge on any atom is 0.329 e. The monoisotopic (exact) mass is 371 g/mol. The fourth-order valence-electron chi connectivity index (χ4n) is 2.47. The average molecular weight is 371 g/mol. The number of hydrogen-bond acceptors (Lipinski definition) is 5. The van der Waals surface area contributed by atoms with Gasteiger partial charge in [-0.3, -0.25) is 4.79 Å². The van der Waals surface area contributed by atoms with Crippen LogP contribution in [0, 0.1) is 0 Å². The number of phenols is 2. The molecule has 2 unspecified atom stereocenters. The van der Waals surface area contributed by atoms with Crippen LogP contribution in [0.3, 0.4) is 0 Å². The SMILES string of the molecule is CCC(C)OC(=O)C(Cc1ccc(O)cc1)NC(=O)Cc1ccc(O)cc1. The molecule has 2 atom stereocenters. The van der Waals surface area contributed by atoms with Crippen LogP contribution in [0.25, 0.3) is 0 Å². The summed E-state index contributed by atoms with van der Waals surface area (Å²) in [4.78, 5) is 24.9. The highest BCUT2D eigenvalue weighted by molar-refractivity contribution is 5.86. The number of rotatable bonds is 8. The first-order chi connectivity index (χ1) is 12.9. The van der Waals surface area contributed by atoms with Gasteiger partial charge in [-0.15, -0.1) is 0 Å². The molecule has 1 amide bonds. The van der Waals surface area contributed by atoms with Crippen LogP contribution < -0.4 is 5.32 Å². The number of phenolic OH excluding ortho intramolecular Hbond substituents is 2. The van der Waals surface area contributed by atoms with Gasteiger partial charge in [0.05, 0.1) is 12.5 Å². The number of carbonyl (C=O) groups excluding carboxylic acids is 2. The molecule has 144 valence electrons. The van der Waals surface area contributed by atoms with Gasteiger partial charge in [0.2, 0.25) is 5.91 Å². The summed E-state index contributed by atoms with van der Waals surface area (Å²) in [5.41, 5.74) is 1.52. The van der Waals surface area contributed by atoms with Gasteiger partial charge in [0.25, 0.3) is 0 Å². The van der Waals surface area contributed by atoms with Crippen LogP contribution in [0.15, 0.2) is 48.5 Å². The van der Waals surface area contributed by atoms with E-state index in [4.69, 9.17) is 4.74 Å². The highest BCUT2D eigenvalue weighted by Crippen LogP contribution is 2.14. The molecule has 2 aromatic carbocycles. The van der Waals surface area contributed by atoms with Crippen molar-refractivity contribution in [2.75, 3.05) is 0 Å². The van der Waals surface area contributed by atoms with Crippen LogP contribution in [0.4, 0.5) is 0 Å². The van der Waals surface area contributed by atoms with Gasteiger partial charge in [-0.1, -0.05) is 31.2 Å². The summed E-state index contributed by atoms with van der Waals surface area (Å²) in [5, 5.41) is 21.5. The molecular weight excluding hydrogens is 346 g/mol. The third kappa shape index (κ3) is 6.66. The van der Waals surface area contributed by atoms with Gasteiger partial charge >= 0.3 is 5.97 Å². The van der Waals surface area contributed by atoms with Gasteiger partial charge in [0, 0.05) is 6.42 Å². The first-order valence-corrected chi connectivity index (χ1v) is 8.93. The van der Waals surface area contributed by atoms with Crippen molar-refractivity contribution in [2.45, 2.75) is 45.3 Å². The molecule has 27 heavy (non-hydrogen) atoms. The molecule has 0 saturated heterocycles. The summed E-state index contributed by atoms with van der Waals surface area (Å²) >= 11 is 0. The average Bonchev–Trinajstić information content (AvgIpc) is 2.64. The molecular formula is C21H25NO5. The molecule has 0 radical (unpaired) electrons. The van der Waals surface area contributed by atoms with Crippen LogP contribution >= 0.6 is 0 Å². The molecule has 0 aliphatic carbocycles. The van der Waals surface area contributed by atoms with E-state index in [0.717, 1.165) is 11.1 Å². The van der Waals surface area contributed by atoms with Gasteiger partial charge in [-0.05, 0) is 48.7 Å². The van der Waals surface area contributed by atoms with E-state index in [1.165, 1.54) is 24.3 Å². The maximum absolute atomic E-state index is 12.5. The quantitative estimate of drug-likeness (QED) is 0.620. The van der Waals surface area contributed by atoms with Gasteiger partial charge in [0.1, 0.15) is 17.5 Å². The number of aromatic hydroxyl groups is 2. The number of ether oxygens (including phenoxy) is 1. The minimum atomic E-state index is -0.826. The zero-order chi connectivity index (χ0) is 19.8. The second kappa shape index (κ2) is 9.62. The van der Waals surface area contributed by atoms with E-state index in [1.54, 1.807) is 31.2 Å². The van der Waals surface area contributed by atoms with E-state index in [1.807, 2.05) is 6.92 Å². The molecule has 6 nitrogen and oxygen atoms in total. The van der Waals surface area contributed by atoms with Crippen molar-refractivity contribution in [3.63, 3.8) is 0 Å². The molecule has 0 fully saturated rings. The summed E-state index contributed by atoms with van der Waals surface area (Å²) in [6, 6.07) is 12.0. The van der Waals surface area contributed by atoms with Gasteiger partial charge in [-0.25, -0.2) is 4.79 Å². The lowest BCUT2D eigenvalue weighted by atomic mass is 10.0. The van der Waals surface area contributed by atoms with E-state index < -0.39 is 12.0 Å². The Bertz CT molecular complexity index is 755. The lowest BCUT2D eigenvalue weighted by Gasteiger charge is -2.20. The minimum Gasteiger partial charge on any atom is -0.508 e. The Balaban J connectivity index is 2.07. The van der Waals surface area contributed by atoms with Gasteiger partial charge < -0.3 is 20.3 Å². The number of amides is 1. The Morgan fingerprint density at radius 2 is 1.48 bits per heavy atom. The molecule has 0 heterocycles. The number of benzene rings is 2. The fraction of sp³-hybridized carbons (Fsp3) is 0.333. The highest BCUT2D eigenvalue weighted by Gasteiger charge is 2.24. The van der Waals surface area contributed by atoms with Crippen molar-refractivity contribution in [3.05, 3.63) is 59.7 Å². The number of esters is 1. The van der Waals surface area contributed by atoms with Gasteiger partial charge in [-0.2, -0.15) is 0 Å². The second-order valence-electron chi connectivity index (χ2n) is 6.49. The summed E-state index contributed by atoms with van der Waals surface area (Å²) in [6.07, 6.45) is 0.785. The molecule has 6 heteroatoms. The molecule has 0 bridgehead atoms. The predicted octanol–water partition coefficient (Wildman–Crippen LogP) is 2.71.